The second-order valence-corrected chi connectivity index (χ2v) is 10.0. The normalized spacial score (nSPS) is 14.2. The van der Waals surface area contributed by atoms with Crippen LogP contribution in [0.1, 0.15) is 46.1 Å². The summed E-state index contributed by atoms with van der Waals surface area (Å²) in [6.07, 6.45) is 0.285. The number of anilines is 1. The van der Waals surface area contributed by atoms with Gasteiger partial charge >= 0.3 is 5.97 Å². The van der Waals surface area contributed by atoms with Crippen molar-refractivity contribution in [2.75, 3.05) is 24.5 Å². The van der Waals surface area contributed by atoms with Crippen LogP contribution in [0, 0.1) is 11.8 Å². The van der Waals surface area contributed by atoms with E-state index < -0.39 is 16.0 Å². The fraction of sp³-hybridized carbons (Fsp3) is 0.600. The molecular weight excluding hydrogens is 380 g/mol. The number of amides is 1. The molecule has 0 fully saturated rings. The van der Waals surface area contributed by atoms with E-state index in [1.807, 2.05) is 27.7 Å². The van der Waals surface area contributed by atoms with Gasteiger partial charge in [0.05, 0.1) is 11.3 Å². The minimum absolute atomic E-state index is 0.0641. The topological polar surface area (TPSA) is 95.0 Å². The fourth-order valence-electron chi connectivity index (χ4n) is 3.38. The van der Waals surface area contributed by atoms with Gasteiger partial charge in [-0.1, -0.05) is 27.7 Å². The van der Waals surface area contributed by atoms with Crippen LogP contribution in [0.25, 0.3) is 0 Å². The van der Waals surface area contributed by atoms with Crippen LogP contribution in [0.5, 0.6) is 0 Å². The standard InChI is InChI=1S/C20H30N2O5S/c1-14(2)12-21(13-15(3)4)28(26,27)17-5-6-18-16(11-17)9-10-22(18)19(23)7-8-20(24)25/h5-6,11,14-15H,7-10,12-13H2,1-4H3,(H,24,25). The molecule has 0 atom stereocenters. The summed E-state index contributed by atoms with van der Waals surface area (Å²) in [5, 5.41) is 8.76. The van der Waals surface area contributed by atoms with E-state index in [2.05, 4.69) is 0 Å². The molecule has 7 nitrogen and oxygen atoms in total. The molecule has 2 rings (SSSR count). The summed E-state index contributed by atoms with van der Waals surface area (Å²) < 4.78 is 27.9. The Kier molecular flexibility index (Phi) is 7.22. The predicted octanol–water partition coefficient (Wildman–Crippen LogP) is 2.74. The summed E-state index contributed by atoms with van der Waals surface area (Å²) >= 11 is 0. The van der Waals surface area contributed by atoms with Gasteiger partial charge in [-0.2, -0.15) is 4.31 Å². The van der Waals surface area contributed by atoms with Crippen molar-refractivity contribution in [2.24, 2.45) is 11.8 Å². The van der Waals surface area contributed by atoms with E-state index >= 15 is 0 Å². The Balaban J connectivity index is 2.27. The van der Waals surface area contributed by atoms with Crippen LogP contribution >= 0.6 is 0 Å². The van der Waals surface area contributed by atoms with Crippen LogP contribution in [0.3, 0.4) is 0 Å². The molecule has 1 aliphatic heterocycles. The number of carbonyl (C=O) groups is 2. The Hall–Kier alpha value is -1.93. The first-order chi connectivity index (χ1) is 13.0. The first-order valence-electron chi connectivity index (χ1n) is 9.67. The summed E-state index contributed by atoms with van der Waals surface area (Å²) in [5.74, 6) is -0.835. The van der Waals surface area contributed by atoms with E-state index in [0.717, 1.165) is 5.56 Å². The molecule has 1 heterocycles. The van der Waals surface area contributed by atoms with Crippen molar-refractivity contribution < 1.29 is 23.1 Å². The number of sulfonamides is 1. The molecule has 0 aromatic heterocycles. The lowest BCUT2D eigenvalue weighted by Gasteiger charge is -2.26. The molecule has 1 aromatic carbocycles. The smallest absolute Gasteiger partial charge is 0.303 e. The molecule has 0 saturated carbocycles. The molecule has 1 aliphatic rings. The van der Waals surface area contributed by atoms with Gasteiger partial charge in [0.15, 0.2) is 0 Å². The van der Waals surface area contributed by atoms with Gasteiger partial charge in [-0.25, -0.2) is 8.42 Å². The van der Waals surface area contributed by atoms with E-state index in [1.165, 1.54) is 4.31 Å². The van der Waals surface area contributed by atoms with Gasteiger partial charge in [0.2, 0.25) is 15.9 Å². The van der Waals surface area contributed by atoms with Crippen LogP contribution in [-0.2, 0) is 26.0 Å². The molecule has 1 aromatic rings. The van der Waals surface area contributed by atoms with Gasteiger partial charge in [0.1, 0.15) is 0 Å². The number of aliphatic carboxylic acids is 1. The summed E-state index contributed by atoms with van der Waals surface area (Å²) in [5.41, 5.74) is 1.48. The third-order valence-electron chi connectivity index (χ3n) is 4.58. The second kappa shape index (κ2) is 9.05. The van der Waals surface area contributed by atoms with Gasteiger partial charge in [-0.05, 0) is 42.0 Å². The number of carboxylic acid groups (broad SMARTS) is 1. The zero-order valence-electron chi connectivity index (χ0n) is 17.0. The van der Waals surface area contributed by atoms with E-state index in [4.69, 9.17) is 5.11 Å². The molecular formula is C20H30N2O5S. The SMILES string of the molecule is CC(C)CN(CC(C)C)S(=O)(=O)c1ccc2c(c1)CCN2C(=O)CCC(=O)O. The van der Waals surface area contributed by atoms with Crippen molar-refractivity contribution in [3.8, 4) is 0 Å². The lowest BCUT2D eigenvalue weighted by atomic mass is 10.2. The highest BCUT2D eigenvalue weighted by Crippen LogP contribution is 2.32. The number of carbonyl (C=O) groups excluding carboxylic acids is 1. The van der Waals surface area contributed by atoms with Crippen molar-refractivity contribution in [1.29, 1.82) is 0 Å². The summed E-state index contributed by atoms with van der Waals surface area (Å²) in [4.78, 5) is 24.8. The Morgan fingerprint density at radius 2 is 1.71 bits per heavy atom. The first-order valence-corrected chi connectivity index (χ1v) is 11.1. The lowest BCUT2D eigenvalue weighted by molar-refractivity contribution is -0.138. The van der Waals surface area contributed by atoms with Gasteiger partial charge in [-0.15, -0.1) is 0 Å². The van der Waals surface area contributed by atoms with E-state index in [0.29, 0.717) is 31.7 Å². The van der Waals surface area contributed by atoms with Crippen molar-refractivity contribution in [3.63, 3.8) is 0 Å². The molecule has 1 N–H and O–H groups in total. The minimum atomic E-state index is -3.62. The number of benzene rings is 1. The molecule has 0 spiro atoms. The molecule has 0 bridgehead atoms. The molecule has 1 amide bonds. The molecule has 28 heavy (non-hydrogen) atoms. The molecule has 0 saturated heterocycles. The minimum Gasteiger partial charge on any atom is -0.481 e. The predicted molar refractivity (Wildman–Crippen MR) is 108 cm³/mol. The Labute approximate surface area is 167 Å². The largest absolute Gasteiger partial charge is 0.481 e. The van der Waals surface area contributed by atoms with E-state index in [1.54, 1.807) is 23.1 Å². The van der Waals surface area contributed by atoms with Crippen LogP contribution < -0.4 is 4.90 Å². The van der Waals surface area contributed by atoms with Gasteiger partial charge in [-0.3, -0.25) is 9.59 Å². The Morgan fingerprint density at radius 3 is 2.25 bits per heavy atom. The maximum absolute atomic E-state index is 13.2. The number of rotatable bonds is 9. The number of carboxylic acids is 1. The lowest BCUT2D eigenvalue weighted by Crippen LogP contribution is -2.37. The fourth-order valence-corrected chi connectivity index (χ4v) is 5.20. The molecule has 0 radical (unpaired) electrons. The van der Waals surface area contributed by atoms with Crippen molar-refractivity contribution in [2.45, 2.75) is 51.9 Å². The van der Waals surface area contributed by atoms with Gasteiger partial charge < -0.3 is 10.0 Å². The van der Waals surface area contributed by atoms with Crippen molar-refractivity contribution in [3.05, 3.63) is 23.8 Å². The third kappa shape index (κ3) is 5.32. The number of fused-ring (bicyclic) bond motifs is 1. The molecule has 156 valence electrons. The number of hydrogen-bond acceptors (Lipinski definition) is 4. The molecule has 8 heteroatoms. The zero-order chi connectivity index (χ0) is 21.1. The Morgan fingerprint density at radius 1 is 1.11 bits per heavy atom. The van der Waals surface area contributed by atoms with Crippen LogP contribution in [0.15, 0.2) is 23.1 Å². The average Bonchev–Trinajstić information content (AvgIpc) is 3.01. The third-order valence-corrected chi connectivity index (χ3v) is 6.40. The molecule has 0 unspecified atom stereocenters. The summed E-state index contributed by atoms with van der Waals surface area (Å²) in [6, 6.07) is 4.87. The summed E-state index contributed by atoms with van der Waals surface area (Å²) in [7, 11) is -3.62. The van der Waals surface area contributed by atoms with Crippen LogP contribution in [0.2, 0.25) is 0 Å². The average molecular weight is 411 g/mol. The van der Waals surface area contributed by atoms with Crippen LogP contribution in [0.4, 0.5) is 5.69 Å². The zero-order valence-corrected chi connectivity index (χ0v) is 17.8. The highest BCUT2D eigenvalue weighted by molar-refractivity contribution is 7.89. The monoisotopic (exact) mass is 410 g/mol. The van der Waals surface area contributed by atoms with Crippen molar-refractivity contribution in [1.82, 2.24) is 4.31 Å². The molecule has 0 aliphatic carbocycles. The first kappa shape index (κ1) is 22.4. The maximum atomic E-state index is 13.2. The van der Waals surface area contributed by atoms with Gasteiger partial charge in [0, 0.05) is 31.7 Å². The maximum Gasteiger partial charge on any atom is 0.303 e. The number of hydrogen-bond donors (Lipinski definition) is 1. The Bertz CT molecular complexity index is 823. The van der Waals surface area contributed by atoms with E-state index in [9.17, 15) is 18.0 Å². The number of nitrogens with zero attached hydrogens (tertiary/aromatic N) is 2. The highest BCUT2D eigenvalue weighted by atomic mass is 32.2. The highest BCUT2D eigenvalue weighted by Gasteiger charge is 2.30. The van der Waals surface area contributed by atoms with Crippen molar-refractivity contribution >= 4 is 27.6 Å². The quantitative estimate of drug-likeness (QED) is 0.675. The second-order valence-electron chi connectivity index (χ2n) is 8.09. The van der Waals surface area contributed by atoms with Crippen LogP contribution in [-0.4, -0.2) is 49.3 Å². The van der Waals surface area contributed by atoms with E-state index in [-0.39, 0.29) is 35.5 Å². The van der Waals surface area contributed by atoms with Gasteiger partial charge in [0.25, 0.3) is 0 Å². The summed E-state index contributed by atoms with van der Waals surface area (Å²) in [6.45, 7) is 9.32.